The highest BCUT2D eigenvalue weighted by Crippen LogP contribution is 2.29. The summed E-state index contributed by atoms with van der Waals surface area (Å²) in [5.74, 6) is 0. The molecule has 0 unspecified atom stereocenters. The number of aromatic amines is 1. The smallest absolute Gasteiger partial charge is 0.142 e. The van der Waals surface area contributed by atoms with E-state index in [1.165, 1.54) is 32.9 Å². The quantitative estimate of drug-likeness (QED) is 0.490. The fourth-order valence-electron chi connectivity index (χ4n) is 3.42. The fraction of sp³-hybridized carbons (Fsp3) is 0. The molecule has 1 aromatic heterocycles. The van der Waals surface area contributed by atoms with Crippen molar-refractivity contribution in [1.82, 2.24) is 4.98 Å². The van der Waals surface area contributed by atoms with Crippen molar-refractivity contribution in [3.8, 4) is 11.1 Å². The van der Waals surface area contributed by atoms with E-state index in [9.17, 15) is 0 Å². The average molecular weight is 313 g/mol. The Morgan fingerprint density at radius 2 is 1.52 bits per heavy atom. The van der Waals surface area contributed by atoms with Crippen LogP contribution < -0.4 is 16.4 Å². The van der Waals surface area contributed by atoms with Crippen LogP contribution in [-0.2, 0) is 0 Å². The lowest BCUT2D eigenvalue weighted by atomic mass is 9.74. The Kier molecular flexibility index (Phi) is 3.31. The van der Waals surface area contributed by atoms with E-state index in [1.807, 2.05) is 6.07 Å². The molecule has 4 aromatic rings. The summed E-state index contributed by atoms with van der Waals surface area (Å²) in [6.07, 6.45) is 0. The van der Waals surface area contributed by atoms with Crippen molar-refractivity contribution in [3.63, 3.8) is 0 Å². The van der Waals surface area contributed by atoms with Crippen LogP contribution >= 0.6 is 11.6 Å². The SMILES string of the molecule is Bc1c(Cl)c(B)c2c([nH]c3ccc(-c4ccccc4)cc32)c1B. The van der Waals surface area contributed by atoms with E-state index in [4.69, 9.17) is 11.6 Å². The Morgan fingerprint density at radius 1 is 0.783 bits per heavy atom. The van der Waals surface area contributed by atoms with Crippen molar-refractivity contribution in [2.45, 2.75) is 0 Å². The summed E-state index contributed by atoms with van der Waals surface area (Å²) in [4.78, 5) is 3.58. The molecule has 3 aromatic carbocycles. The summed E-state index contributed by atoms with van der Waals surface area (Å²) < 4.78 is 0. The maximum absolute atomic E-state index is 6.56. The topological polar surface area (TPSA) is 15.8 Å². The highest BCUT2D eigenvalue weighted by molar-refractivity contribution is 6.64. The molecule has 5 heteroatoms. The molecule has 0 saturated carbocycles. The van der Waals surface area contributed by atoms with Crippen molar-refractivity contribution >= 4 is 73.3 Å². The summed E-state index contributed by atoms with van der Waals surface area (Å²) >= 11 is 6.56. The number of rotatable bonds is 1. The molecule has 1 nitrogen and oxygen atoms in total. The van der Waals surface area contributed by atoms with Crippen LogP contribution in [0.5, 0.6) is 0 Å². The molecule has 0 bridgehead atoms. The lowest BCUT2D eigenvalue weighted by Gasteiger charge is -2.10. The molecular formula is C18H15B3ClN. The third kappa shape index (κ3) is 2.13. The Labute approximate surface area is 143 Å². The van der Waals surface area contributed by atoms with Crippen LogP contribution in [0.2, 0.25) is 5.02 Å². The third-order valence-corrected chi connectivity index (χ3v) is 5.44. The van der Waals surface area contributed by atoms with Crippen molar-refractivity contribution in [2.75, 3.05) is 0 Å². The minimum absolute atomic E-state index is 0.876. The van der Waals surface area contributed by atoms with E-state index in [0.29, 0.717) is 0 Å². The van der Waals surface area contributed by atoms with Crippen LogP contribution in [-0.4, -0.2) is 28.5 Å². The molecule has 0 atom stereocenters. The molecule has 1 heterocycles. The molecule has 108 valence electrons. The van der Waals surface area contributed by atoms with Gasteiger partial charge < -0.3 is 4.98 Å². The number of aromatic nitrogens is 1. The van der Waals surface area contributed by atoms with Crippen molar-refractivity contribution < 1.29 is 0 Å². The van der Waals surface area contributed by atoms with Gasteiger partial charge in [-0.15, -0.1) is 0 Å². The van der Waals surface area contributed by atoms with Gasteiger partial charge in [-0.1, -0.05) is 64.4 Å². The first kappa shape index (κ1) is 14.5. The Balaban J connectivity index is 2.11. The number of benzene rings is 3. The van der Waals surface area contributed by atoms with Crippen LogP contribution in [0, 0.1) is 0 Å². The minimum Gasteiger partial charge on any atom is -0.355 e. The third-order valence-electron chi connectivity index (χ3n) is 4.88. The first-order valence-electron chi connectivity index (χ1n) is 7.84. The number of hydrogen-bond acceptors (Lipinski definition) is 0. The van der Waals surface area contributed by atoms with E-state index < -0.39 is 0 Å². The normalized spacial score (nSPS) is 11.3. The first-order valence-corrected chi connectivity index (χ1v) is 8.22. The number of hydrogen-bond donors (Lipinski definition) is 1. The number of H-pyrrole nitrogens is 1. The van der Waals surface area contributed by atoms with Crippen LogP contribution in [0.1, 0.15) is 0 Å². The van der Waals surface area contributed by atoms with Gasteiger partial charge in [0.15, 0.2) is 0 Å². The summed E-state index contributed by atoms with van der Waals surface area (Å²) in [7, 11) is 6.33. The van der Waals surface area contributed by atoms with Gasteiger partial charge in [-0.05, 0) is 23.3 Å². The summed E-state index contributed by atoms with van der Waals surface area (Å²) in [6.45, 7) is 0. The Bertz CT molecular complexity index is 1050. The van der Waals surface area contributed by atoms with E-state index in [2.05, 4.69) is 71.0 Å². The zero-order valence-corrected chi connectivity index (χ0v) is 14.3. The van der Waals surface area contributed by atoms with E-state index in [-0.39, 0.29) is 0 Å². The van der Waals surface area contributed by atoms with Gasteiger partial charge in [-0.25, -0.2) is 0 Å². The molecule has 0 aliphatic rings. The zero-order chi connectivity index (χ0) is 16.1. The monoisotopic (exact) mass is 313 g/mol. The van der Waals surface area contributed by atoms with Gasteiger partial charge in [0.1, 0.15) is 23.5 Å². The van der Waals surface area contributed by atoms with Gasteiger partial charge in [0.25, 0.3) is 0 Å². The number of fused-ring (bicyclic) bond motifs is 3. The van der Waals surface area contributed by atoms with Crippen molar-refractivity contribution in [2.24, 2.45) is 0 Å². The first-order chi connectivity index (χ1) is 11.1. The van der Waals surface area contributed by atoms with Crippen LogP contribution in [0.3, 0.4) is 0 Å². The van der Waals surface area contributed by atoms with E-state index in [1.54, 1.807) is 0 Å². The summed E-state index contributed by atoms with van der Waals surface area (Å²) in [5, 5.41) is 3.36. The predicted molar refractivity (Wildman–Crippen MR) is 111 cm³/mol. The lowest BCUT2D eigenvalue weighted by Crippen LogP contribution is -2.32. The molecule has 0 aliphatic heterocycles. The maximum atomic E-state index is 6.56. The number of nitrogens with one attached hydrogen (secondary N) is 1. The molecular weight excluding hydrogens is 298 g/mol. The van der Waals surface area contributed by atoms with E-state index >= 15 is 0 Å². The van der Waals surface area contributed by atoms with Gasteiger partial charge in [0.2, 0.25) is 0 Å². The van der Waals surface area contributed by atoms with E-state index in [0.717, 1.165) is 21.5 Å². The second-order valence-corrected chi connectivity index (χ2v) is 6.57. The van der Waals surface area contributed by atoms with Gasteiger partial charge in [0.05, 0.1) is 0 Å². The second-order valence-electron chi connectivity index (χ2n) is 6.19. The Hall–Kier alpha value is -2.06. The summed E-state index contributed by atoms with van der Waals surface area (Å²) in [5.41, 5.74) is 8.36. The van der Waals surface area contributed by atoms with Crippen molar-refractivity contribution in [3.05, 3.63) is 53.6 Å². The fourth-order valence-corrected chi connectivity index (χ4v) is 3.65. The van der Waals surface area contributed by atoms with Gasteiger partial charge >= 0.3 is 0 Å². The van der Waals surface area contributed by atoms with Crippen LogP contribution in [0.15, 0.2) is 48.5 Å². The second kappa shape index (κ2) is 5.24. The standard InChI is InChI=1S/C18H15B3ClN/c19-14-13-11-8-10(9-4-2-1-3-5-9)6-7-12(11)23-18(13)16(21)15(20)17(14)22/h1-8,23H,19-21H2. The van der Waals surface area contributed by atoms with Gasteiger partial charge in [-0.2, -0.15) is 0 Å². The highest BCUT2D eigenvalue weighted by atomic mass is 35.5. The molecule has 0 amide bonds. The van der Waals surface area contributed by atoms with Crippen LogP contribution in [0.25, 0.3) is 32.9 Å². The predicted octanol–water partition coefficient (Wildman–Crippen LogP) is 0.417. The molecule has 4 rings (SSSR count). The average Bonchev–Trinajstić information content (AvgIpc) is 2.97. The molecule has 0 aliphatic carbocycles. The molecule has 0 spiro atoms. The van der Waals surface area contributed by atoms with Gasteiger partial charge in [0, 0.05) is 26.8 Å². The molecule has 0 saturated heterocycles. The maximum Gasteiger partial charge on any atom is 0.142 e. The molecule has 1 N–H and O–H groups in total. The zero-order valence-electron chi connectivity index (χ0n) is 13.5. The summed E-state index contributed by atoms with van der Waals surface area (Å²) in [6, 6.07) is 17.1. The lowest BCUT2D eigenvalue weighted by molar-refractivity contribution is 1.56. The Morgan fingerprint density at radius 3 is 2.26 bits per heavy atom. The minimum atomic E-state index is 0.876. The van der Waals surface area contributed by atoms with Crippen molar-refractivity contribution in [1.29, 1.82) is 0 Å². The molecule has 0 fully saturated rings. The highest BCUT2D eigenvalue weighted by Gasteiger charge is 2.15. The van der Waals surface area contributed by atoms with Gasteiger partial charge in [-0.3, -0.25) is 0 Å². The largest absolute Gasteiger partial charge is 0.355 e. The van der Waals surface area contributed by atoms with Crippen LogP contribution in [0.4, 0.5) is 0 Å². The number of halogens is 1. The molecule has 0 radical (unpaired) electrons. The molecule has 23 heavy (non-hydrogen) atoms.